The van der Waals surface area contributed by atoms with Crippen molar-refractivity contribution in [2.24, 2.45) is 0 Å². The van der Waals surface area contributed by atoms with Gasteiger partial charge in [-0.2, -0.15) is 4.80 Å². The van der Waals surface area contributed by atoms with Crippen molar-refractivity contribution in [3.8, 4) is 17.2 Å². The van der Waals surface area contributed by atoms with Gasteiger partial charge in [0.05, 0.1) is 22.8 Å². The molecule has 0 bridgehead atoms. The lowest BCUT2D eigenvalue weighted by Crippen LogP contribution is -2.00. The number of rotatable bonds is 4. The van der Waals surface area contributed by atoms with Crippen LogP contribution in [0, 0.1) is 0 Å². The first kappa shape index (κ1) is 14.6. The molecular weight excluding hydrogens is 329 g/mol. The highest BCUT2D eigenvalue weighted by Crippen LogP contribution is 2.35. The highest BCUT2D eigenvalue weighted by molar-refractivity contribution is 6.37. The predicted molar refractivity (Wildman–Crippen MR) is 82.1 cm³/mol. The third-order valence-corrected chi connectivity index (χ3v) is 3.53. The van der Waals surface area contributed by atoms with Crippen LogP contribution in [0.1, 0.15) is 0 Å². The van der Waals surface area contributed by atoms with Gasteiger partial charge in [0.2, 0.25) is 0 Å². The van der Waals surface area contributed by atoms with Gasteiger partial charge in [-0.3, -0.25) is 4.79 Å². The van der Waals surface area contributed by atoms with Crippen molar-refractivity contribution in [2.75, 3.05) is 7.11 Å². The zero-order chi connectivity index (χ0) is 15.7. The Morgan fingerprint density at radius 1 is 1.09 bits per heavy atom. The number of halogens is 2. The van der Waals surface area contributed by atoms with E-state index in [0.717, 1.165) is 0 Å². The van der Waals surface area contributed by atoms with Crippen LogP contribution in [0.3, 0.4) is 0 Å². The molecular formula is C14H9Cl2N3O3. The zero-order valence-corrected chi connectivity index (χ0v) is 12.8. The monoisotopic (exact) mass is 337 g/mol. The smallest absolute Gasteiger partial charge is 0.298 e. The summed E-state index contributed by atoms with van der Waals surface area (Å²) in [7, 11) is 1.58. The first-order valence-corrected chi connectivity index (χ1v) is 6.89. The van der Waals surface area contributed by atoms with Gasteiger partial charge >= 0.3 is 0 Å². The van der Waals surface area contributed by atoms with E-state index in [9.17, 15) is 4.79 Å². The average molecular weight is 338 g/mol. The van der Waals surface area contributed by atoms with Crippen LogP contribution < -0.4 is 9.47 Å². The highest BCUT2D eigenvalue weighted by Gasteiger charge is 2.13. The summed E-state index contributed by atoms with van der Waals surface area (Å²) in [5, 5.41) is 9.06. The lowest BCUT2D eigenvalue weighted by molar-refractivity contribution is -0.120. The number of nitrogens with zero attached hydrogens (tertiary/aromatic N) is 3. The number of methoxy groups -OCH3 is 1. The second-order valence-electron chi connectivity index (χ2n) is 4.30. The summed E-state index contributed by atoms with van der Waals surface area (Å²) >= 11 is 12.1. The van der Waals surface area contributed by atoms with Gasteiger partial charge in [-0.05, 0) is 24.3 Å². The summed E-state index contributed by atoms with van der Waals surface area (Å²) in [6.07, 6.45) is 0. The molecule has 2 aromatic carbocycles. The number of carbonyl (C=O) groups is 1. The molecule has 22 heavy (non-hydrogen) atoms. The summed E-state index contributed by atoms with van der Waals surface area (Å²) < 4.78 is 9.89. The Morgan fingerprint density at radius 2 is 1.77 bits per heavy atom. The zero-order valence-electron chi connectivity index (χ0n) is 11.3. The van der Waals surface area contributed by atoms with Gasteiger partial charge in [0.25, 0.3) is 6.47 Å². The number of fused-ring (bicyclic) bond motifs is 1. The maximum Gasteiger partial charge on any atom is 0.298 e. The Balaban J connectivity index is 2.09. The summed E-state index contributed by atoms with van der Waals surface area (Å²) in [6, 6.07) is 8.48. The fourth-order valence-corrected chi connectivity index (χ4v) is 2.52. The maximum absolute atomic E-state index is 10.4. The SMILES string of the molecule is COc1ccc2nn(-c3cc(Cl)c(OC=O)c(Cl)c3)nc2c1. The van der Waals surface area contributed by atoms with Crippen LogP contribution in [0.4, 0.5) is 0 Å². The molecule has 0 saturated heterocycles. The maximum atomic E-state index is 10.4. The molecule has 1 heterocycles. The normalized spacial score (nSPS) is 10.7. The number of aromatic nitrogens is 3. The summed E-state index contributed by atoms with van der Waals surface area (Å²) in [5.41, 5.74) is 1.91. The Morgan fingerprint density at radius 3 is 2.41 bits per heavy atom. The third kappa shape index (κ3) is 2.58. The molecule has 0 amide bonds. The molecule has 1 aromatic heterocycles. The van der Waals surface area contributed by atoms with E-state index >= 15 is 0 Å². The molecule has 0 saturated carbocycles. The quantitative estimate of drug-likeness (QED) is 0.683. The molecule has 0 spiro atoms. The minimum Gasteiger partial charge on any atom is -0.497 e. The molecule has 0 unspecified atom stereocenters. The fraction of sp³-hybridized carbons (Fsp3) is 0.0714. The van der Waals surface area contributed by atoms with Gasteiger partial charge in [-0.1, -0.05) is 23.2 Å². The summed E-state index contributed by atoms with van der Waals surface area (Å²) in [4.78, 5) is 11.8. The largest absolute Gasteiger partial charge is 0.497 e. The minimum atomic E-state index is 0.0977. The highest BCUT2D eigenvalue weighted by atomic mass is 35.5. The topological polar surface area (TPSA) is 66.2 Å². The van der Waals surface area contributed by atoms with E-state index in [1.807, 2.05) is 0 Å². The van der Waals surface area contributed by atoms with Crippen LogP contribution in [0.5, 0.6) is 11.5 Å². The van der Waals surface area contributed by atoms with Crippen LogP contribution in [-0.2, 0) is 4.79 Å². The molecule has 0 N–H and O–H groups in total. The van der Waals surface area contributed by atoms with Gasteiger partial charge in [0.15, 0.2) is 5.75 Å². The number of hydrogen-bond acceptors (Lipinski definition) is 5. The first-order chi connectivity index (χ1) is 10.6. The van der Waals surface area contributed by atoms with Crippen LogP contribution >= 0.6 is 23.2 Å². The van der Waals surface area contributed by atoms with Crippen LogP contribution in [0.15, 0.2) is 30.3 Å². The number of hydrogen-bond donors (Lipinski definition) is 0. The van der Waals surface area contributed by atoms with E-state index in [0.29, 0.717) is 22.5 Å². The number of benzene rings is 2. The standard InChI is InChI=1S/C14H9Cl2N3O3/c1-21-9-2-3-12-13(6-9)18-19(17-12)8-4-10(15)14(22-7-20)11(16)5-8/h2-7H,1H3. The molecule has 6 nitrogen and oxygen atoms in total. The molecule has 0 aliphatic rings. The molecule has 0 aliphatic heterocycles. The van der Waals surface area contributed by atoms with Gasteiger partial charge in [-0.25, -0.2) is 0 Å². The van der Waals surface area contributed by atoms with Crippen molar-refractivity contribution in [1.29, 1.82) is 0 Å². The number of ether oxygens (including phenoxy) is 2. The predicted octanol–water partition coefficient (Wildman–Crippen LogP) is 3.27. The molecule has 8 heteroatoms. The van der Waals surface area contributed by atoms with Gasteiger partial charge in [0.1, 0.15) is 16.8 Å². The van der Waals surface area contributed by atoms with Crippen molar-refractivity contribution >= 4 is 40.7 Å². The van der Waals surface area contributed by atoms with E-state index in [2.05, 4.69) is 10.2 Å². The molecule has 112 valence electrons. The fourth-order valence-electron chi connectivity index (χ4n) is 1.96. The van der Waals surface area contributed by atoms with Crippen LogP contribution in [0.2, 0.25) is 10.0 Å². The second-order valence-corrected chi connectivity index (χ2v) is 5.11. The van der Waals surface area contributed by atoms with Crippen molar-refractivity contribution in [3.05, 3.63) is 40.4 Å². The third-order valence-electron chi connectivity index (χ3n) is 2.97. The summed E-state index contributed by atoms with van der Waals surface area (Å²) in [6.45, 7) is 0.263. The Labute approximate surface area is 135 Å². The second kappa shape index (κ2) is 5.82. The molecule has 0 radical (unpaired) electrons. The Bertz CT molecular complexity index is 841. The minimum absolute atomic E-state index is 0.0977. The van der Waals surface area contributed by atoms with Crippen LogP contribution in [-0.4, -0.2) is 28.6 Å². The molecule has 0 fully saturated rings. The first-order valence-electron chi connectivity index (χ1n) is 6.13. The average Bonchev–Trinajstić information content (AvgIpc) is 2.93. The van der Waals surface area contributed by atoms with Gasteiger partial charge < -0.3 is 9.47 Å². The van der Waals surface area contributed by atoms with Crippen LogP contribution in [0.25, 0.3) is 16.7 Å². The lowest BCUT2D eigenvalue weighted by Gasteiger charge is -2.06. The molecule has 0 aliphatic carbocycles. The van der Waals surface area contributed by atoms with Crippen molar-refractivity contribution in [3.63, 3.8) is 0 Å². The van der Waals surface area contributed by atoms with E-state index in [1.54, 1.807) is 37.4 Å². The van der Waals surface area contributed by atoms with Crippen molar-refractivity contribution in [1.82, 2.24) is 15.0 Å². The van der Waals surface area contributed by atoms with Gasteiger partial charge in [-0.15, -0.1) is 10.2 Å². The number of carbonyl (C=O) groups excluding carboxylic acids is 1. The Hall–Kier alpha value is -2.31. The van der Waals surface area contributed by atoms with E-state index in [1.165, 1.54) is 4.80 Å². The Kier molecular flexibility index (Phi) is 3.87. The molecule has 3 rings (SSSR count). The van der Waals surface area contributed by atoms with E-state index in [-0.39, 0.29) is 22.3 Å². The summed E-state index contributed by atoms with van der Waals surface area (Å²) in [5.74, 6) is 0.783. The van der Waals surface area contributed by atoms with Crippen molar-refractivity contribution < 1.29 is 14.3 Å². The molecule has 0 atom stereocenters. The molecule has 3 aromatic rings. The van der Waals surface area contributed by atoms with Gasteiger partial charge in [0, 0.05) is 6.07 Å². The van der Waals surface area contributed by atoms with E-state index in [4.69, 9.17) is 32.7 Å². The van der Waals surface area contributed by atoms with E-state index < -0.39 is 0 Å². The van der Waals surface area contributed by atoms with Crippen molar-refractivity contribution in [2.45, 2.75) is 0 Å². The lowest BCUT2D eigenvalue weighted by atomic mass is 10.3.